The quantitative estimate of drug-likeness (QED) is 0.505. The van der Waals surface area contributed by atoms with Crippen molar-refractivity contribution in [2.45, 2.75) is 19.6 Å². The molecule has 3 radical (unpaired) electrons. The maximum absolute atomic E-state index is 2.38. The van der Waals surface area contributed by atoms with Gasteiger partial charge in [-0.05, 0) is 19.6 Å². The molecule has 0 heterocycles. The van der Waals surface area contributed by atoms with E-state index in [1.807, 2.05) is 0 Å². The molecule has 0 aliphatic rings. The molecule has 0 saturated heterocycles. The summed E-state index contributed by atoms with van der Waals surface area (Å²) >= 11 is 0. The Balaban J connectivity index is 0. The van der Waals surface area contributed by atoms with E-state index in [4.69, 9.17) is 0 Å². The molecule has 0 saturated carbocycles. The summed E-state index contributed by atoms with van der Waals surface area (Å²) in [4.78, 5) is 0. The first kappa shape index (κ1) is 12.1. The molecular formula is C6H18NSi2. The number of quaternary nitrogens is 1. The smallest absolute Gasteiger partial charge is 0.275 e. The first-order valence-corrected chi connectivity index (χ1v) is 6.51. The lowest BCUT2D eigenvalue weighted by Gasteiger charge is -2.36. The third kappa shape index (κ3) is 3.89. The minimum atomic E-state index is -0.921. The van der Waals surface area contributed by atoms with Crippen molar-refractivity contribution < 1.29 is 4.15 Å². The molecule has 3 heteroatoms. The van der Waals surface area contributed by atoms with Crippen LogP contribution in [0.4, 0.5) is 0 Å². The zero-order chi connectivity index (χ0) is 7.00. The summed E-state index contributed by atoms with van der Waals surface area (Å²) in [5, 5.41) is 0. The number of nitrogens with zero attached hydrogens (tertiary/aromatic N) is 1. The normalized spacial score (nSPS) is 12.7. The van der Waals surface area contributed by atoms with Crippen molar-refractivity contribution in [2.24, 2.45) is 0 Å². The standard InChI is InChI=1S/C6H18NSi.Si/c1-7(2,3)8(4,5)6;/h1-6H3;/q+1;-1. The average Bonchev–Trinajstić information content (AvgIpc) is 1.25. The fourth-order valence-electron chi connectivity index (χ4n) is 0. The van der Waals surface area contributed by atoms with Crippen molar-refractivity contribution >= 4 is 19.2 Å². The zero-order valence-corrected chi connectivity index (χ0v) is 9.45. The van der Waals surface area contributed by atoms with Crippen molar-refractivity contribution in [1.82, 2.24) is 0 Å². The van der Waals surface area contributed by atoms with Crippen LogP contribution in [0.5, 0.6) is 0 Å². The molecule has 0 aromatic rings. The van der Waals surface area contributed by atoms with Crippen LogP contribution in [0.1, 0.15) is 0 Å². The predicted molar refractivity (Wildman–Crippen MR) is 47.1 cm³/mol. The van der Waals surface area contributed by atoms with Gasteiger partial charge in [-0.2, -0.15) is 0 Å². The molecule has 0 aliphatic heterocycles. The zero-order valence-electron chi connectivity index (χ0n) is 7.45. The molecule has 55 valence electrons. The largest absolute Gasteiger partial charge is 1.00 e. The Morgan fingerprint density at radius 2 is 1.00 bits per heavy atom. The van der Waals surface area contributed by atoms with Crippen LogP contribution in [0.2, 0.25) is 19.6 Å². The van der Waals surface area contributed by atoms with E-state index in [-0.39, 0.29) is 11.0 Å². The second kappa shape index (κ2) is 2.99. The molecule has 0 N–H and O–H groups in total. The lowest BCUT2D eigenvalue weighted by molar-refractivity contribution is -0.768. The van der Waals surface area contributed by atoms with Gasteiger partial charge in [0.1, 0.15) is 0 Å². The topological polar surface area (TPSA) is 0 Å². The maximum Gasteiger partial charge on any atom is 0.275 e. The monoisotopic (exact) mass is 160 g/mol. The lowest BCUT2D eigenvalue weighted by Crippen LogP contribution is -2.55. The molecule has 0 amide bonds. The molecule has 0 unspecified atom stereocenters. The van der Waals surface area contributed by atoms with Crippen LogP contribution in [0.3, 0.4) is 0 Å². The third-order valence-corrected chi connectivity index (χ3v) is 6.04. The van der Waals surface area contributed by atoms with Crippen LogP contribution in [-0.4, -0.2) is 44.5 Å². The van der Waals surface area contributed by atoms with Gasteiger partial charge < -0.3 is 15.1 Å². The Labute approximate surface area is 64.8 Å². The summed E-state index contributed by atoms with van der Waals surface area (Å²) in [6.07, 6.45) is 0. The SMILES string of the molecule is C[N+](C)(C)[Si](C)(C)C.[Si-]. The van der Waals surface area contributed by atoms with Crippen LogP contribution in [0, 0.1) is 0 Å². The Morgan fingerprint density at radius 3 is 1.00 bits per heavy atom. The fourth-order valence-corrected chi connectivity index (χ4v) is 0. The summed E-state index contributed by atoms with van der Waals surface area (Å²) in [5.74, 6) is 0. The average molecular weight is 160 g/mol. The molecule has 9 heavy (non-hydrogen) atoms. The van der Waals surface area contributed by atoms with Gasteiger partial charge in [-0.15, -0.1) is 0 Å². The molecular weight excluding hydrogens is 142 g/mol. The molecule has 0 aromatic heterocycles. The van der Waals surface area contributed by atoms with Crippen molar-refractivity contribution in [1.29, 1.82) is 0 Å². The number of rotatable bonds is 1. The van der Waals surface area contributed by atoms with E-state index in [2.05, 4.69) is 40.8 Å². The van der Waals surface area contributed by atoms with E-state index in [0.717, 1.165) is 4.15 Å². The van der Waals surface area contributed by atoms with Crippen molar-refractivity contribution in [3.63, 3.8) is 0 Å². The fraction of sp³-hybridized carbons (Fsp3) is 1.00. The van der Waals surface area contributed by atoms with E-state index in [9.17, 15) is 0 Å². The maximum atomic E-state index is 2.38. The van der Waals surface area contributed by atoms with Gasteiger partial charge in [-0.3, -0.25) is 0 Å². The molecule has 0 spiro atoms. The number of hydrogen-bond acceptors (Lipinski definition) is 0. The Morgan fingerprint density at radius 1 is 0.889 bits per heavy atom. The predicted octanol–water partition coefficient (Wildman–Crippen LogP) is 1.15. The lowest BCUT2D eigenvalue weighted by atomic mass is 11.0. The third-order valence-electron chi connectivity index (χ3n) is 2.01. The van der Waals surface area contributed by atoms with Gasteiger partial charge in [-0.25, -0.2) is 0 Å². The number of hydrogen-bond donors (Lipinski definition) is 0. The highest BCUT2D eigenvalue weighted by atomic mass is 28.3. The Kier molecular flexibility index (Phi) is 4.02. The summed E-state index contributed by atoms with van der Waals surface area (Å²) in [7, 11) is 5.89. The Hall–Kier alpha value is 0.394. The van der Waals surface area contributed by atoms with Gasteiger partial charge in [0.2, 0.25) is 0 Å². The van der Waals surface area contributed by atoms with Crippen molar-refractivity contribution in [2.75, 3.05) is 21.1 Å². The molecule has 0 atom stereocenters. The van der Waals surface area contributed by atoms with Crippen LogP contribution in [0.25, 0.3) is 0 Å². The van der Waals surface area contributed by atoms with Crippen molar-refractivity contribution in [3.05, 3.63) is 0 Å². The second-order valence-electron chi connectivity index (χ2n) is 4.18. The van der Waals surface area contributed by atoms with Crippen LogP contribution in [0.15, 0.2) is 0 Å². The van der Waals surface area contributed by atoms with Crippen LogP contribution < -0.4 is 0 Å². The second-order valence-corrected chi connectivity index (χ2v) is 9.87. The molecule has 0 fully saturated rings. The summed E-state index contributed by atoms with van der Waals surface area (Å²) in [6, 6.07) is 0. The van der Waals surface area contributed by atoms with Gasteiger partial charge in [0, 0.05) is 0 Å². The van der Waals surface area contributed by atoms with Gasteiger partial charge in [0.05, 0.1) is 21.1 Å². The van der Waals surface area contributed by atoms with E-state index in [1.54, 1.807) is 0 Å². The van der Waals surface area contributed by atoms with E-state index >= 15 is 0 Å². The summed E-state index contributed by atoms with van der Waals surface area (Å²) in [6.45, 7) is 7.15. The molecule has 0 aromatic carbocycles. The van der Waals surface area contributed by atoms with Gasteiger partial charge in [-0.1, -0.05) is 0 Å². The highest BCUT2D eigenvalue weighted by molar-refractivity contribution is 6.68. The highest BCUT2D eigenvalue weighted by Crippen LogP contribution is 2.10. The first-order valence-electron chi connectivity index (χ1n) is 3.07. The van der Waals surface area contributed by atoms with E-state index < -0.39 is 8.24 Å². The van der Waals surface area contributed by atoms with E-state index in [0.29, 0.717) is 0 Å². The highest BCUT2D eigenvalue weighted by Gasteiger charge is 2.31. The molecule has 0 aliphatic carbocycles. The molecule has 0 bridgehead atoms. The van der Waals surface area contributed by atoms with Crippen LogP contribution in [-0.2, 0) is 0 Å². The summed E-state index contributed by atoms with van der Waals surface area (Å²) < 4.78 is 1.16. The Bertz CT molecular complexity index is 66.0. The van der Waals surface area contributed by atoms with Crippen LogP contribution >= 0.6 is 0 Å². The molecule has 0 rings (SSSR count). The van der Waals surface area contributed by atoms with Gasteiger partial charge >= 0.3 is 0 Å². The minimum absolute atomic E-state index is 0. The summed E-state index contributed by atoms with van der Waals surface area (Å²) in [5.41, 5.74) is 0. The minimum Gasteiger partial charge on any atom is -1.00 e. The first-order chi connectivity index (χ1) is 3.25. The van der Waals surface area contributed by atoms with Gasteiger partial charge in [0.15, 0.2) is 0 Å². The van der Waals surface area contributed by atoms with Gasteiger partial charge in [0.25, 0.3) is 8.24 Å². The molecule has 1 nitrogen and oxygen atoms in total. The van der Waals surface area contributed by atoms with E-state index in [1.165, 1.54) is 0 Å². The van der Waals surface area contributed by atoms with Crippen molar-refractivity contribution in [3.8, 4) is 0 Å².